The van der Waals surface area contributed by atoms with Crippen LogP contribution in [0.25, 0.3) is 22.3 Å². The number of hydrogen-bond donors (Lipinski definition) is 2. The average Bonchev–Trinajstić information content (AvgIpc) is 3.38. The molecule has 3 N–H and O–H groups in total. The predicted octanol–water partition coefficient (Wildman–Crippen LogP) is 4.28. The van der Waals surface area contributed by atoms with E-state index in [1.54, 1.807) is 4.68 Å². The van der Waals surface area contributed by atoms with Gasteiger partial charge in [0.05, 0.1) is 11.4 Å². The van der Waals surface area contributed by atoms with Crippen molar-refractivity contribution in [2.24, 2.45) is 0 Å². The van der Waals surface area contributed by atoms with Crippen LogP contribution in [-0.2, 0) is 0 Å². The van der Waals surface area contributed by atoms with Gasteiger partial charge in [-0.15, -0.1) is 0 Å². The monoisotopic (exact) mass is 586 g/mol. The van der Waals surface area contributed by atoms with Crippen molar-refractivity contribution in [1.29, 1.82) is 0 Å². The Morgan fingerprint density at radius 2 is 1.58 bits per heavy atom. The van der Waals surface area contributed by atoms with Crippen LogP contribution in [-0.4, -0.2) is 103 Å². The molecule has 0 saturated carbocycles. The zero-order valence-electron chi connectivity index (χ0n) is 23.8. The highest BCUT2D eigenvalue weighted by molar-refractivity contribution is 5.98. The molecule has 11 nitrogen and oxygen atoms in total. The van der Waals surface area contributed by atoms with Crippen molar-refractivity contribution < 1.29 is 19.0 Å². The number of amides is 1. The van der Waals surface area contributed by atoms with Gasteiger partial charge in [0, 0.05) is 56.9 Å². The zero-order valence-corrected chi connectivity index (χ0v) is 23.8. The number of nitrogens with zero attached hydrogens (tertiary/aromatic N) is 7. The van der Waals surface area contributed by atoms with E-state index in [4.69, 9.17) is 20.7 Å². The molecule has 3 fully saturated rings. The van der Waals surface area contributed by atoms with Crippen LogP contribution < -0.4 is 10.5 Å². The van der Waals surface area contributed by atoms with Crippen LogP contribution in [0.1, 0.15) is 25.3 Å². The molecular weight excluding hydrogens is 551 g/mol. The summed E-state index contributed by atoms with van der Waals surface area (Å²) in [7, 11) is 0. The SMILES string of the molecule is Nc1ncnc2c1c(-c1ccc(Oc3ccccc3)cc1)nn2C1CCN(C2CCN(C3CN(C(=O)O)C3)CC2)CC1F. The van der Waals surface area contributed by atoms with Crippen molar-refractivity contribution in [1.82, 2.24) is 34.4 Å². The van der Waals surface area contributed by atoms with Gasteiger partial charge in [-0.05, 0) is 55.7 Å². The number of alkyl halides is 1. The van der Waals surface area contributed by atoms with Gasteiger partial charge in [-0.2, -0.15) is 5.10 Å². The van der Waals surface area contributed by atoms with Gasteiger partial charge in [-0.3, -0.25) is 9.80 Å². The fraction of sp³-hybridized carbons (Fsp3) is 0.419. The molecule has 0 bridgehead atoms. The molecule has 2 aromatic carbocycles. The number of nitrogens with two attached hydrogens (primary N) is 1. The zero-order chi connectivity index (χ0) is 29.5. The molecule has 0 aliphatic carbocycles. The number of hydrogen-bond acceptors (Lipinski definition) is 8. The summed E-state index contributed by atoms with van der Waals surface area (Å²) in [5, 5.41) is 14.6. The van der Waals surface area contributed by atoms with Gasteiger partial charge < -0.3 is 20.5 Å². The molecule has 12 heteroatoms. The lowest BCUT2D eigenvalue weighted by Crippen LogP contribution is -2.63. The molecule has 0 radical (unpaired) electrons. The molecule has 3 aliphatic rings. The van der Waals surface area contributed by atoms with E-state index in [9.17, 15) is 4.79 Å². The van der Waals surface area contributed by atoms with Crippen molar-refractivity contribution >= 4 is 22.9 Å². The van der Waals surface area contributed by atoms with Gasteiger partial charge >= 0.3 is 6.09 Å². The summed E-state index contributed by atoms with van der Waals surface area (Å²) in [6, 6.07) is 17.3. The Kier molecular flexibility index (Phi) is 7.31. The van der Waals surface area contributed by atoms with E-state index < -0.39 is 18.3 Å². The minimum absolute atomic E-state index is 0.306. The second-order valence-corrected chi connectivity index (χ2v) is 11.7. The van der Waals surface area contributed by atoms with Crippen molar-refractivity contribution in [3.05, 3.63) is 60.9 Å². The topological polar surface area (TPSA) is 126 Å². The maximum absolute atomic E-state index is 16.0. The van der Waals surface area contributed by atoms with E-state index in [0.717, 1.165) is 43.8 Å². The number of likely N-dealkylation sites (tertiary alicyclic amines) is 3. The van der Waals surface area contributed by atoms with Crippen molar-refractivity contribution in [3.8, 4) is 22.8 Å². The molecule has 7 rings (SSSR count). The molecule has 2 atom stereocenters. The van der Waals surface area contributed by atoms with E-state index >= 15 is 4.39 Å². The molecule has 43 heavy (non-hydrogen) atoms. The van der Waals surface area contributed by atoms with Gasteiger partial charge in [-0.25, -0.2) is 23.8 Å². The first-order valence-corrected chi connectivity index (χ1v) is 14.9. The molecule has 2 unspecified atom stereocenters. The molecule has 5 heterocycles. The number of anilines is 1. The van der Waals surface area contributed by atoms with Gasteiger partial charge in [0.15, 0.2) is 5.65 Å². The maximum Gasteiger partial charge on any atom is 0.407 e. The third-order valence-electron chi connectivity index (χ3n) is 9.14. The largest absolute Gasteiger partial charge is 0.465 e. The van der Waals surface area contributed by atoms with E-state index in [0.29, 0.717) is 66.4 Å². The Morgan fingerprint density at radius 1 is 0.884 bits per heavy atom. The fourth-order valence-corrected chi connectivity index (χ4v) is 6.72. The summed E-state index contributed by atoms with van der Waals surface area (Å²) in [5.74, 6) is 1.76. The van der Waals surface area contributed by atoms with Gasteiger partial charge in [0.1, 0.15) is 35.5 Å². The lowest BCUT2D eigenvalue weighted by molar-refractivity contribution is -0.00507. The third kappa shape index (κ3) is 5.36. The number of carbonyl (C=O) groups is 1. The molecule has 2 aromatic heterocycles. The number of para-hydroxylation sites is 1. The number of carboxylic acid groups (broad SMARTS) is 1. The minimum atomic E-state index is -1.11. The summed E-state index contributed by atoms with van der Waals surface area (Å²) in [4.78, 5) is 25.9. The molecule has 1 amide bonds. The number of ether oxygens (including phenoxy) is 1. The predicted molar refractivity (Wildman–Crippen MR) is 160 cm³/mol. The van der Waals surface area contributed by atoms with Gasteiger partial charge in [0.2, 0.25) is 0 Å². The standard InChI is InChI=1S/C31H35FN8O3/c32-25-18-38(21-10-13-37(14-11-21)22-16-39(17-22)31(41)42)15-12-26(25)40-30-27(29(33)34-19-35-30)28(36-40)20-6-8-24(9-7-20)43-23-4-2-1-3-5-23/h1-9,19,21-22,25-26H,10-18H2,(H,41,42)(H2,33,34,35). The normalized spacial score (nSPS) is 22.5. The molecule has 4 aromatic rings. The van der Waals surface area contributed by atoms with Gasteiger partial charge in [0.25, 0.3) is 0 Å². The first kappa shape index (κ1) is 27.5. The summed E-state index contributed by atoms with van der Waals surface area (Å²) in [5.41, 5.74) is 8.31. The summed E-state index contributed by atoms with van der Waals surface area (Å²) in [6.45, 7) is 4.11. The summed E-state index contributed by atoms with van der Waals surface area (Å²) in [6.07, 6.45) is 1.98. The molecule has 0 spiro atoms. The number of halogens is 1. The number of rotatable bonds is 6. The maximum atomic E-state index is 16.0. The van der Waals surface area contributed by atoms with Crippen molar-refractivity contribution in [3.63, 3.8) is 0 Å². The highest BCUT2D eigenvalue weighted by Gasteiger charge is 2.40. The smallest absolute Gasteiger partial charge is 0.407 e. The van der Waals surface area contributed by atoms with Crippen molar-refractivity contribution in [2.45, 2.75) is 43.6 Å². The Bertz CT molecular complexity index is 1590. The van der Waals surface area contributed by atoms with Crippen LogP contribution in [0.15, 0.2) is 60.9 Å². The molecular formula is C31H35FN8O3. The highest BCUT2D eigenvalue weighted by Crippen LogP contribution is 2.37. The van der Waals surface area contributed by atoms with Gasteiger partial charge in [-0.1, -0.05) is 18.2 Å². The van der Waals surface area contributed by atoms with Crippen LogP contribution in [0.5, 0.6) is 11.5 Å². The van der Waals surface area contributed by atoms with Crippen LogP contribution in [0.2, 0.25) is 0 Å². The Labute approximate surface area is 248 Å². The Balaban J connectivity index is 1.04. The van der Waals surface area contributed by atoms with E-state index in [1.165, 1.54) is 11.2 Å². The fourth-order valence-electron chi connectivity index (χ4n) is 6.72. The molecule has 3 aliphatic heterocycles. The number of aromatic nitrogens is 4. The lowest BCUT2D eigenvalue weighted by atomic mass is 9.95. The Morgan fingerprint density at radius 3 is 2.28 bits per heavy atom. The number of piperidine rings is 2. The molecule has 224 valence electrons. The summed E-state index contributed by atoms with van der Waals surface area (Å²) < 4.78 is 23.6. The van der Waals surface area contributed by atoms with Crippen LogP contribution >= 0.6 is 0 Å². The first-order valence-electron chi connectivity index (χ1n) is 14.9. The third-order valence-corrected chi connectivity index (χ3v) is 9.14. The quantitative estimate of drug-likeness (QED) is 0.341. The number of nitrogen functional groups attached to an aromatic ring is 1. The highest BCUT2D eigenvalue weighted by atomic mass is 19.1. The Hall–Kier alpha value is -4.29. The first-order chi connectivity index (χ1) is 20.9. The van der Waals surface area contributed by atoms with Crippen molar-refractivity contribution in [2.75, 3.05) is 45.0 Å². The second kappa shape index (κ2) is 11.4. The minimum Gasteiger partial charge on any atom is -0.465 e. The van der Waals surface area contributed by atoms with E-state index in [2.05, 4.69) is 19.8 Å². The average molecular weight is 587 g/mol. The van der Waals surface area contributed by atoms with Crippen LogP contribution in [0.3, 0.4) is 0 Å². The second-order valence-electron chi connectivity index (χ2n) is 11.7. The lowest BCUT2D eigenvalue weighted by Gasteiger charge is -2.48. The molecule has 3 saturated heterocycles. The van der Waals surface area contributed by atoms with Crippen LogP contribution in [0.4, 0.5) is 15.0 Å². The number of fused-ring (bicyclic) bond motifs is 1. The van der Waals surface area contributed by atoms with Crippen LogP contribution in [0, 0.1) is 0 Å². The summed E-state index contributed by atoms with van der Waals surface area (Å²) >= 11 is 0. The van der Waals surface area contributed by atoms with E-state index in [-0.39, 0.29) is 0 Å². The number of benzene rings is 2. The van der Waals surface area contributed by atoms with E-state index in [1.807, 2.05) is 54.6 Å².